The van der Waals surface area contributed by atoms with Gasteiger partial charge in [-0.25, -0.2) is 19.2 Å². The molecule has 0 saturated carbocycles. The van der Waals surface area contributed by atoms with Gasteiger partial charge < -0.3 is 30.2 Å². The molecule has 2 aromatic rings. The number of fused-ring (bicyclic) bond motifs is 1. The summed E-state index contributed by atoms with van der Waals surface area (Å²) in [6, 6.07) is 3.61. The number of nitrogens with zero attached hydrogens (tertiary/aromatic N) is 4. The number of hydrogen-bond donors (Lipinski definition) is 4. The lowest BCUT2D eigenvalue weighted by molar-refractivity contribution is -0.149. The number of carbonyl (C=O) groups excluding carboxylic acids is 1. The Labute approximate surface area is 214 Å². The molecule has 0 aliphatic carbocycles. The minimum absolute atomic E-state index is 0.0428. The van der Waals surface area contributed by atoms with Crippen LogP contribution in [-0.2, 0) is 32.6 Å². The molecule has 5 atom stereocenters. The van der Waals surface area contributed by atoms with Crippen LogP contribution in [-0.4, -0.2) is 88.7 Å². The summed E-state index contributed by atoms with van der Waals surface area (Å²) >= 11 is 0. The number of methoxy groups -OCH3 is 2. The van der Waals surface area contributed by atoms with E-state index in [0.29, 0.717) is 5.52 Å². The fraction of sp³-hybridized carbons (Fsp3) is 0.619. The quantitative estimate of drug-likeness (QED) is 0.135. The molecular formula is C21H33N6O9P. The Hall–Kier alpha value is -2.67. The predicted octanol–water partition coefficient (Wildman–Crippen LogP) is 0.332. The summed E-state index contributed by atoms with van der Waals surface area (Å²) in [5.41, 5.74) is 4.02. The van der Waals surface area contributed by atoms with Gasteiger partial charge in [-0.3, -0.25) is 13.8 Å². The van der Waals surface area contributed by atoms with Crippen molar-refractivity contribution < 1.29 is 42.8 Å². The number of aromatic nitrogens is 3. The summed E-state index contributed by atoms with van der Waals surface area (Å²) in [7, 11) is -1.79. The summed E-state index contributed by atoms with van der Waals surface area (Å²) in [5, 5.41) is 38.3. The highest BCUT2D eigenvalue weighted by Gasteiger charge is 2.47. The summed E-state index contributed by atoms with van der Waals surface area (Å²) in [4.78, 5) is 16.1. The van der Waals surface area contributed by atoms with E-state index in [9.17, 15) is 24.8 Å². The molecule has 0 bridgehead atoms. The van der Waals surface area contributed by atoms with E-state index in [2.05, 4.69) is 15.2 Å². The molecule has 0 aliphatic heterocycles. The molecule has 2 aromatic heterocycles. The highest BCUT2D eigenvalue weighted by molar-refractivity contribution is 7.51. The molecule has 0 saturated heterocycles. The molecule has 1 unspecified atom stereocenters. The number of rotatable bonds is 15. The average molecular weight is 545 g/mol. The van der Waals surface area contributed by atoms with E-state index in [-0.39, 0.29) is 24.7 Å². The standard InChI is InChI=1S/C21H33N6O9P/c1-13(2)36-20(30)14(3)26-37(31,34-9-8-32-4)35-11-21(10-22,33-5)18(29)17(28)15-6-7-16-19(23)24-12-25-27(15)16/h6-7,12-14,17-18,28-29H,8-9,11H2,1-5H3,(H,26,31)(H2,23,24,25)/t14-,17-,18-,21+,37?/m0/s1. The second kappa shape index (κ2) is 13.2. The number of nitriles is 1. The van der Waals surface area contributed by atoms with Crippen LogP contribution in [0.1, 0.15) is 32.6 Å². The lowest BCUT2D eigenvalue weighted by Crippen LogP contribution is -2.50. The molecule has 0 radical (unpaired) electrons. The zero-order valence-electron chi connectivity index (χ0n) is 21.2. The number of carbonyl (C=O) groups is 1. The Morgan fingerprint density at radius 3 is 2.57 bits per heavy atom. The van der Waals surface area contributed by atoms with Crippen molar-refractivity contribution in [3.05, 3.63) is 24.2 Å². The molecule has 15 nitrogen and oxygen atoms in total. The molecular weight excluding hydrogens is 511 g/mol. The molecule has 0 aromatic carbocycles. The van der Waals surface area contributed by atoms with Gasteiger partial charge in [-0.2, -0.15) is 10.4 Å². The van der Waals surface area contributed by atoms with Crippen molar-refractivity contribution >= 4 is 25.1 Å². The Kier molecular flexibility index (Phi) is 10.9. The van der Waals surface area contributed by atoms with Crippen LogP contribution in [0, 0.1) is 11.3 Å². The van der Waals surface area contributed by atoms with Gasteiger partial charge in [-0.1, -0.05) is 0 Å². The summed E-state index contributed by atoms with van der Waals surface area (Å²) in [5.74, 6) is -0.584. The fourth-order valence-electron chi connectivity index (χ4n) is 3.18. The Morgan fingerprint density at radius 2 is 1.97 bits per heavy atom. The van der Waals surface area contributed by atoms with Gasteiger partial charge in [0.2, 0.25) is 5.60 Å². The van der Waals surface area contributed by atoms with Gasteiger partial charge in [0, 0.05) is 14.2 Å². The maximum Gasteiger partial charge on any atom is 0.406 e. The third-order valence-corrected chi connectivity index (χ3v) is 6.89. The van der Waals surface area contributed by atoms with Crippen molar-refractivity contribution in [1.82, 2.24) is 19.7 Å². The van der Waals surface area contributed by atoms with Crippen molar-refractivity contribution in [3.8, 4) is 6.07 Å². The number of ether oxygens (including phenoxy) is 3. The number of nitrogens with two attached hydrogens (primary N) is 1. The number of aliphatic hydroxyl groups excluding tert-OH is 2. The van der Waals surface area contributed by atoms with E-state index in [0.717, 1.165) is 13.4 Å². The molecule has 0 amide bonds. The molecule has 2 heterocycles. The zero-order chi connectivity index (χ0) is 27.8. The molecule has 16 heteroatoms. The normalized spacial score (nSPS) is 17.5. The lowest BCUT2D eigenvalue weighted by atomic mass is 9.93. The van der Waals surface area contributed by atoms with Crippen molar-refractivity contribution in [2.75, 3.05) is 39.8 Å². The second-order valence-corrected chi connectivity index (χ2v) is 10.00. The first-order chi connectivity index (χ1) is 17.4. The highest BCUT2D eigenvalue weighted by atomic mass is 31.2. The number of nitrogens with one attached hydrogen (secondary N) is 1. The predicted molar refractivity (Wildman–Crippen MR) is 129 cm³/mol. The van der Waals surface area contributed by atoms with E-state index >= 15 is 0 Å². The van der Waals surface area contributed by atoms with Crippen molar-refractivity contribution in [2.45, 2.75) is 50.7 Å². The maximum atomic E-state index is 13.4. The maximum absolute atomic E-state index is 13.4. The molecule has 37 heavy (non-hydrogen) atoms. The SMILES string of the molecule is COCCOP(=O)(N[C@@H](C)C(=O)OC(C)C)OC[C@@](C#N)(OC)[C@@H](O)[C@@H](O)c1ccc2c(N)ncnn12. The van der Waals surface area contributed by atoms with Gasteiger partial charge >= 0.3 is 13.7 Å². The minimum Gasteiger partial charge on any atom is -0.462 e. The van der Waals surface area contributed by atoms with Crippen LogP contribution in [0.25, 0.3) is 5.52 Å². The first kappa shape index (κ1) is 30.6. The van der Waals surface area contributed by atoms with Crippen LogP contribution in [0.15, 0.2) is 18.5 Å². The van der Waals surface area contributed by atoms with E-state index in [4.69, 9.17) is 29.0 Å². The first-order valence-electron chi connectivity index (χ1n) is 11.2. The fourth-order valence-corrected chi connectivity index (χ4v) is 4.66. The Bertz CT molecular complexity index is 1140. The molecule has 0 spiro atoms. The third kappa shape index (κ3) is 7.44. The van der Waals surface area contributed by atoms with E-state index in [1.165, 1.54) is 30.7 Å². The van der Waals surface area contributed by atoms with Crippen LogP contribution >= 0.6 is 7.75 Å². The van der Waals surface area contributed by atoms with Crippen molar-refractivity contribution in [2.24, 2.45) is 0 Å². The Balaban J connectivity index is 2.28. The van der Waals surface area contributed by atoms with Crippen LogP contribution in [0.2, 0.25) is 0 Å². The smallest absolute Gasteiger partial charge is 0.406 e. The number of nitrogen functional groups attached to an aromatic ring is 1. The molecule has 206 valence electrons. The van der Waals surface area contributed by atoms with Gasteiger partial charge in [-0.15, -0.1) is 0 Å². The molecule has 5 N–H and O–H groups in total. The van der Waals surface area contributed by atoms with Gasteiger partial charge in [0.15, 0.2) is 5.82 Å². The number of anilines is 1. The monoisotopic (exact) mass is 544 g/mol. The van der Waals surface area contributed by atoms with E-state index in [1.54, 1.807) is 19.9 Å². The number of hydrogen-bond acceptors (Lipinski definition) is 13. The van der Waals surface area contributed by atoms with Crippen LogP contribution in [0.3, 0.4) is 0 Å². The van der Waals surface area contributed by atoms with Gasteiger partial charge in [-0.05, 0) is 32.9 Å². The third-order valence-electron chi connectivity index (χ3n) is 5.20. The largest absolute Gasteiger partial charge is 0.462 e. The van der Waals surface area contributed by atoms with E-state index < -0.39 is 50.3 Å². The van der Waals surface area contributed by atoms with Gasteiger partial charge in [0.1, 0.15) is 42.8 Å². The molecule has 0 aliphatic rings. The van der Waals surface area contributed by atoms with Gasteiger partial charge in [0.25, 0.3) is 0 Å². The number of aliphatic hydroxyl groups is 2. The summed E-state index contributed by atoms with van der Waals surface area (Å²) in [6.07, 6.45) is -2.91. The Morgan fingerprint density at radius 1 is 1.27 bits per heavy atom. The van der Waals surface area contributed by atoms with E-state index in [1.807, 2.05) is 0 Å². The summed E-state index contributed by atoms with van der Waals surface area (Å²) in [6.45, 7) is 3.71. The van der Waals surface area contributed by atoms with Crippen molar-refractivity contribution in [3.63, 3.8) is 0 Å². The summed E-state index contributed by atoms with van der Waals surface area (Å²) < 4.78 is 40.7. The van der Waals surface area contributed by atoms with Gasteiger partial charge in [0.05, 0.1) is 25.0 Å². The average Bonchev–Trinajstić information content (AvgIpc) is 3.29. The molecule has 2 rings (SSSR count). The van der Waals surface area contributed by atoms with Crippen LogP contribution in [0.4, 0.5) is 5.82 Å². The topological polar surface area (TPSA) is 213 Å². The minimum atomic E-state index is -4.30. The first-order valence-corrected chi connectivity index (χ1v) is 12.7. The highest BCUT2D eigenvalue weighted by Crippen LogP contribution is 2.46. The number of esters is 1. The van der Waals surface area contributed by atoms with Crippen LogP contribution in [0.5, 0.6) is 0 Å². The lowest BCUT2D eigenvalue weighted by Gasteiger charge is -2.34. The zero-order valence-corrected chi connectivity index (χ0v) is 22.1. The van der Waals surface area contributed by atoms with Crippen LogP contribution < -0.4 is 10.8 Å². The second-order valence-electron chi connectivity index (χ2n) is 8.23. The molecule has 0 fully saturated rings. The van der Waals surface area contributed by atoms with Crippen molar-refractivity contribution in [1.29, 1.82) is 5.26 Å².